The summed E-state index contributed by atoms with van der Waals surface area (Å²) in [5, 5.41) is 12.8. The number of aryl methyl sites for hydroxylation is 1. The third-order valence-electron chi connectivity index (χ3n) is 4.12. The Morgan fingerprint density at radius 1 is 1.19 bits per heavy atom. The first-order valence-electron chi connectivity index (χ1n) is 8.35. The standard InChI is InChI=1S/C18H32N2O/c1-5-10-19-14-16-8-9-18(13-15(16)4)20(11-12-21)17(6-2)7-3/h8-9,13,17,19,21H,5-7,10-12,14H2,1-4H3. The average molecular weight is 292 g/mol. The first kappa shape index (κ1) is 18.0. The van der Waals surface area contributed by atoms with Gasteiger partial charge in [0.2, 0.25) is 0 Å². The molecule has 0 spiro atoms. The molecule has 0 saturated heterocycles. The van der Waals surface area contributed by atoms with E-state index >= 15 is 0 Å². The van der Waals surface area contributed by atoms with E-state index in [1.807, 2.05) is 0 Å². The Bertz CT molecular complexity index is 402. The van der Waals surface area contributed by atoms with E-state index in [4.69, 9.17) is 0 Å². The van der Waals surface area contributed by atoms with Gasteiger partial charge in [-0.25, -0.2) is 0 Å². The Labute approximate surface area is 130 Å². The van der Waals surface area contributed by atoms with Crippen molar-refractivity contribution in [1.82, 2.24) is 5.32 Å². The molecule has 1 aromatic carbocycles. The molecule has 0 radical (unpaired) electrons. The molecule has 120 valence electrons. The fourth-order valence-electron chi connectivity index (χ4n) is 2.82. The largest absolute Gasteiger partial charge is 0.395 e. The predicted molar refractivity (Wildman–Crippen MR) is 92.0 cm³/mol. The summed E-state index contributed by atoms with van der Waals surface area (Å²) in [5.41, 5.74) is 3.92. The second-order valence-electron chi connectivity index (χ2n) is 5.67. The summed E-state index contributed by atoms with van der Waals surface area (Å²) in [7, 11) is 0. The minimum Gasteiger partial charge on any atom is -0.395 e. The number of hydrogen-bond donors (Lipinski definition) is 2. The van der Waals surface area contributed by atoms with Crippen molar-refractivity contribution in [3.8, 4) is 0 Å². The lowest BCUT2D eigenvalue weighted by Crippen LogP contribution is -2.36. The van der Waals surface area contributed by atoms with Crippen LogP contribution < -0.4 is 10.2 Å². The molecule has 1 aromatic rings. The van der Waals surface area contributed by atoms with Gasteiger partial charge < -0.3 is 15.3 Å². The molecular formula is C18H32N2O. The summed E-state index contributed by atoms with van der Waals surface area (Å²) >= 11 is 0. The first-order chi connectivity index (χ1) is 10.2. The van der Waals surface area contributed by atoms with Crippen LogP contribution in [0.1, 0.15) is 51.2 Å². The molecule has 0 aliphatic rings. The van der Waals surface area contributed by atoms with E-state index in [9.17, 15) is 5.11 Å². The third-order valence-corrected chi connectivity index (χ3v) is 4.12. The van der Waals surface area contributed by atoms with Gasteiger partial charge in [0.1, 0.15) is 0 Å². The highest BCUT2D eigenvalue weighted by Gasteiger charge is 2.15. The SMILES string of the molecule is CCCNCc1ccc(N(CCO)C(CC)CC)cc1C. The van der Waals surface area contributed by atoms with Crippen molar-refractivity contribution >= 4 is 5.69 Å². The highest BCUT2D eigenvalue weighted by Crippen LogP contribution is 2.23. The van der Waals surface area contributed by atoms with E-state index in [1.54, 1.807) is 0 Å². The number of rotatable bonds is 10. The van der Waals surface area contributed by atoms with Crippen LogP contribution in [-0.2, 0) is 6.54 Å². The summed E-state index contributed by atoms with van der Waals surface area (Å²) in [5.74, 6) is 0. The number of aliphatic hydroxyl groups is 1. The Morgan fingerprint density at radius 3 is 2.43 bits per heavy atom. The minimum absolute atomic E-state index is 0.204. The summed E-state index contributed by atoms with van der Waals surface area (Å²) in [6.07, 6.45) is 3.38. The van der Waals surface area contributed by atoms with E-state index < -0.39 is 0 Å². The van der Waals surface area contributed by atoms with E-state index in [2.05, 4.69) is 56.1 Å². The van der Waals surface area contributed by atoms with Crippen molar-refractivity contribution in [3.63, 3.8) is 0 Å². The van der Waals surface area contributed by atoms with E-state index in [0.29, 0.717) is 12.6 Å². The van der Waals surface area contributed by atoms with Gasteiger partial charge >= 0.3 is 0 Å². The highest BCUT2D eigenvalue weighted by atomic mass is 16.3. The van der Waals surface area contributed by atoms with Gasteiger partial charge in [0, 0.05) is 24.8 Å². The molecule has 0 aliphatic heterocycles. The number of nitrogens with zero attached hydrogens (tertiary/aromatic N) is 1. The zero-order valence-corrected chi connectivity index (χ0v) is 14.2. The lowest BCUT2D eigenvalue weighted by Gasteiger charge is -2.32. The molecule has 0 fully saturated rings. The zero-order chi connectivity index (χ0) is 15.7. The van der Waals surface area contributed by atoms with Crippen LogP contribution in [0.25, 0.3) is 0 Å². The fraction of sp³-hybridized carbons (Fsp3) is 0.667. The molecule has 3 nitrogen and oxygen atoms in total. The van der Waals surface area contributed by atoms with E-state index in [1.165, 1.54) is 16.8 Å². The normalized spacial score (nSPS) is 11.1. The van der Waals surface area contributed by atoms with Crippen LogP contribution in [0, 0.1) is 6.92 Å². The van der Waals surface area contributed by atoms with Crippen LogP contribution >= 0.6 is 0 Å². The molecule has 0 unspecified atom stereocenters. The minimum atomic E-state index is 0.204. The molecule has 0 aromatic heterocycles. The van der Waals surface area contributed by atoms with Crippen LogP contribution in [0.2, 0.25) is 0 Å². The van der Waals surface area contributed by atoms with Gasteiger partial charge in [0.05, 0.1) is 6.61 Å². The molecule has 0 amide bonds. The summed E-state index contributed by atoms with van der Waals surface area (Å²) in [6.45, 7) is 11.7. The Morgan fingerprint density at radius 2 is 1.90 bits per heavy atom. The highest BCUT2D eigenvalue weighted by molar-refractivity contribution is 5.51. The maximum Gasteiger partial charge on any atom is 0.0606 e. The molecule has 0 atom stereocenters. The quantitative estimate of drug-likeness (QED) is 0.648. The number of nitrogens with one attached hydrogen (secondary N) is 1. The summed E-state index contributed by atoms with van der Waals surface area (Å²) < 4.78 is 0. The number of aliphatic hydroxyl groups excluding tert-OH is 1. The first-order valence-corrected chi connectivity index (χ1v) is 8.35. The Hall–Kier alpha value is -1.06. The van der Waals surface area contributed by atoms with Crippen LogP contribution in [0.3, 0.4) is 0 Å². The summed E-state index contributed by atoms with van der Waals surface area (Å²) in [6, 6.07) is 7.18. The second kappa shape index (κ2) is 9.80. The molecule has 21 heavy (non-hydrogen) atoms. The van der Waals surface area contributed by atoms with Crippen molar-refractivity contribution < 1.29 is 5.11 Å². The van der Waals surface area contributed by atoms with Crippen molar-refractivity contribution in [2.24, 2.45) is 0 Å². The van der Waals surface area contributed by atoms with Gasteiger partial charge in [-0.2, -0.15) is 0 Å². The Balaban J connectivity index is 2.87. The lowest BCUT2D eigenvalue weighted by atomic mass is 10.0. The Kier molecular flexibility index (Phi) is 8.40. The van der Waals surface area contributed by atoms with Crippen LogP contribution in [0.5, 0.6) is 0 Å². The van der Waals surface area contributed by atoms with Crippen LogP contribution in [0.4, 0.5) is 5.69 Å². The fourth-order valence-corrected chi connectivity index (χ4v) is 2.82. The number of hydrogen-bond acceptors (Lipinski definition) is 3. The monoisotopic (exact) mass is 292 g/mol. The molecular weight excluding hydrogens is 260 g/mol. The molecule has 3 heteroatoms. The van der Waals surface area contributed by atoms with Gasteiger partial charge in [-0.05, 0) is 56.0 Å². The van der Waals surface area contributed by atoms with Gasteiger partial charge in [-0.15, -0.1) is 0 Å². The van der Waals surface area contributed by atoms with E-state index in [-0.39, 0.29) is 6.61 Å². The molecule has 0 bridgehead atoms. The number of anilines is 1. The van der Waals surface area contributed by atoms with Crippen molar-refractivity contribution in [2.45, 2.75) is 59.5 Å². The van der Waals surface area contributed by atoms with Gasteiger partial charge in [-0.3, -0.25) is 0 Å². The maximum absolute atomic E-state index is 9.35. The van der Waals surface area contributed by atoms with Gasteiger partial charge in [0.15, 0.2) is 0 Å². The van der Waals surface area contributed by atoms with Gasteiger partial charge in [0.25, 0.3) is 0 Å². The van der Waals surface area contributed by atoms with Crippen molar-refractivity contribution in [3.05, 3.63) is 29.3 Å². The topological polar surface area (TPSA) is 35.5 Å². The smallest absolute Gasteiger partial charge is 0.0606 e. The van der Waals surface area contributed by atoms with Crippen molar-refractivity contribution in [1.29, 1.82) is 0 Å². The molecule has 1 rings (SSSR count). The maximum atomic E-state index is 9.35. The molecule has 0 aliphatic carbocycles. The molecule has 0 saturated carbocycles. The van der Waals surface area contributed by atoms with Crippen LogP contribution in [0.15, 0.2) is 18.2 Å². The zero-order valence-electron chi connectivity index (χ0n) is 14.2. The second-order valence-corrected chi connectivity index (χ2v) is 5.67. The predicted octanol–water partition coefficient (Wildman–Crippen LogP) is 3.48. The van der Waals surface area contributed by atoms with Crippen LogP contribution in [-0.4, -0.2) is 30.8 Å². The van der Waals surface area contributed by atoms with Crippen molar-refractivity contribution in [2.75, 3.05) is 24.6 Å². The summed E-state index contributed by atoms with van der Waals surface area (Å²) in [4.78, 5) is 2.34. The molecule has 0 heterocycles. The van der Waals surface area contributed by atoms with E-state index in [0.717, 1.165) is 32.4 Å². The van der Waals surface area contributed by atoms with Gasteiger partial charge in [-0.1, -0.05) is 26.8 Å². The average Bonchev–Trinajstić information content (AvgIpc) is 2.49. The number of benzene rings is 1. The third kappa shape index (κ3) is 5.33. The molecule has 2 N–H and O–H groups in total. The lowest BCUT2D eigenvalue weighted by molar-refractivity contribution is 0.296.